The lowest BCUT2D eigenvalue weighted by atomic mass is 10.1. The van der Waals surface area contributed by atoms with Crippen molar-refractivity contribution >= 4 is 21.6 Å². The molecule has 1 rings (SSSR count). The van der Waals surface area contributed by atoms with Crippen LogP contribution in [0.5, 0.6) is 0 Å². The maximum absolute atomic E-state index is 3.76. The highest BCUT2D eigenvalue weighted by Gasteiger charge is 2.14. The summed E-state index contributed by atoms with van der Waals surface area (Å²) in [6.45, 7) is 13.5. The van der Waals surface area contributed by atoms with Gasteiger partial charge in [-0.3, -0.25) is 0 Å². The number of rotatable bonds is 7. The minimum Gasteiger partial charge on any atom is -0.370 e. The van der Waals surface area contributed by atoms with Crippen molar-refractivity contribution < 1.29 is 0 Å². The third-order valence-corrected chi connectivity index (χ3v) is 4.05. The Morgan fingerprint density at radius 2 is 1.60 bits per heavy atom. The number of nitrogens with one attached hydrogen (secondary N) is 1. The summed E-state index contributed by atoms with van der Waals surface area (Å²) in [5, 5.41) is 3.29. The van der Waals surface area contributed by atoms with Crippen molar-refractivity contribution in [3.8, 4) is 0 Å². The van der Waals surface area contributed by atoms with Crippen LogP contribution in [0.4, 0.5) is 5.69 Å². The maximum atomic E-state index is 3.76. The summed E-state index contributed by atoms with van der Waals surface area (Å²) >= 11 is 3.76. The molecule has 1 aromatic rings. The highest BCUT2D eigenvalue weighted by molar-refractivity contribution is 9.10. The Hall–Kier alpha value is -0.540. The fourth-order valence-corrected chi connectivity index (χ4v) is 3.02. The van der Waals surface area contributed by atoms with Crippen LogP contribution in [0, 0.1) is 11.8 Å². The number of halogens is 1. The van der Waals surface area contributed by atoms with Gasteiger partial charge in [-0.2, -0.15) is 0 Å². The topological polar surface area (TPSA) is 15.3 Å². The van der Waals surface area contributed by atoms with Gasteiger partial charge in [0.2, 0.25) is 0 Å². The molecule has 0 bridgehead atoms. The van der Waals surface area contributed by atoms with Crippen LogP contribution in [0.1, 0.15) is 46.2 Å². The van der Waals surface area contributed by atoms with Gasteiger partial charge in [-0.05, 0) is 59.4 Å². The van der Waals surface area contributed by atoms with Gasteiger partial charge in [0.1, 0.15) is 0 Å². The van der Waals surface area contributed by atoms with Crippen LogP contribution in [0.2, 0.25) is 0 Å². The molecular formula is C17H29BrN2. The summed E-state index contributed by atoms with van der Waals surface area (Å²) in [5.41, 5.74) is 2.62. The van der Waals surface area contributed by atoms with Crippen molar-refractivity contribution in [1.29, 1.82) is 0 Å². The van der Waals surface area contributed by atoms with Crippen LogP contribution in [0.25, 0.3) is 0 Å². The van der Waals surface area contributed by atoms with E-state index < -0.39 is 0 Å². The van der Waals surface area contributed by atoms with Crippen molar-refractivity contribution in [2.45, 2.75) is 40.7 Å². The average molecular weight is 341 g/mol. The van der Waals surface area contributed by atoms with Gasteiger partial charge in [-0.15, -0.1) is 0 Å². The van der Waals surface area contributed by atoms with E-state index in [2.05, 4.69) is 79.0 Å². The SMILES string of the molecule is CNC(C)c1ccc(N(CC(C)C)CC(C)C)c(Br)c1. The number of nitrogens with zero attached hydrogens (tertiary/aromatic N) is 1. The Morgan fingerprint density at radius 3 is 2.00 bits per heavy atom. The number of hydrogen-bond donors (Lipinski definition) is 1. The summed E-state index contributed by atoms with van der Waals surface area (Å²) in [4.78, 5) is 2.49. The molecule has 0 fully saturated rings. The predicted molar refractivity (Wildman–Crippen MR) is 93.5 cm³/mol. The largest absolute Gasteiger partial charge is 0.370 e. The van der Waals surface area contributed by atoms with E-state index in [9.17, 15) is 0 Å². The Balaban J connectivity index is 3.01. The van der Waals surface area contributed by atoms with Gasteiger partial charge in [0.05, 0.1) is 5.69 Å². The number of benzene rings is 1. The molecule has 1 N–H and O–H groups in total. The van der Waals surface area contributed by atoms with Crippen molar-refractivity contribution in [2.75, 3.05) is 25.0 Å². The average Bonchev–Trinajstić information content (AvgIpc) is 2.35. The monoisotopic (exact) mass is 340 g/mol. The molecule has 20 heavy (non-hydrogen) atoms. The lowest BCUT2D eigenvalue weighted by Gasteiger charge is -2.30. The molecule has 1 unspecified atom stereocenters. The Morgan fingerprint density at radius 1 is 1.05 bits per heavy atom. The molecule has 0 radical (unpaired) electrons. The lowest BCUT2D eigenvalue weighted by Crippen LogP contribution is -2.31. The van der Waals surface area contributed by atoms with Crippen LogP contribution in [0.15, 0.2) is 22.7 Å². The van der Waals surface area contributed by atoms with E-state index in [4.69, 9.17) is 0 Å². The second-order valence-electron chi connectivity index (χ2n) is 6.41. The van der Waals surface area contributed by atoms with Crippen LogP contribution in [-0.2, 0) is 0 Å². The Bertz CT molecular complexity index is 405. The first-order valence-corrected chi connectivity index (χ1v) is 8.36. The fraction of sp³-hybridized carbons (Fsp3) is 0.647. The van der Waals surface area contributed by atoms with Crippen molar-refractivity contribution in [3.63, 3.8) is 0 Å². The molecule has 0 heterocycles. The fourth-order valence-electron chi connectivity index (χ4n) is 2.37. The molecular weight excluding hydrogens is 312 g/mol. The maximum Gasteiger partial charge on any atom is 0.0511 e. The first kappa shape index (κ1) is 17.5. The van der Waals surface area contributed by atoms with E-state index in [0.717, 1.165) is 13.1 Å². The minimum absolute atomic E-state index is 0.379. The van der Waals surface area contributed by atoms with E-state index in [1.165, 1.54) is 15.7 Å². The highest BCUT2D eigenvalue weighted by Crippen LogP contribution is 2.30. The second-order valence-corrected chi connectivity index (χ2v) is 7.27. The van der Waals surface area contributed by atoms with E-state index in [-0.39, 0.29) is 0 Å². The quantitative estimate of drug-likeness (QED) is 0.763. The smallest absolute Gasteiger partial charge is 0.0511 e. The molecule has 0 aliphatic rings. The van der Waals surface area contributed by atoms with E-state index in [1.807, 2.05) is 7.05 Å². The van der Waals surface area contributed by atoms with Crippen LogP contribution in [-0.4, -0.2) is 20.1 Å². The molecule has 0 aromatic heterocycles. The summed E-state index contributed by atoms with van der Waals surface area (Å²) < 4.78 is 1.19. The molecule has 1 atom stereocenters. The first-order chi connectivity index (χ1) is 9.35. The molecule has 0 aliphatic heterocycles. The van der Waals surface area contributed by atoms with Crippen molar-refractivity contribution in [2.24, 2.45) is 11.8 Å². The number of anilines is 1. The van der Waals surface area contributed by atoms with Crippen LogP contribution >= 0.6 is 15.9 Å². The molecule has 114 valence electrons. The highest BCUT2D eigenvalue weighted by atomic mass is 79.9. The van der Waals surface area contributed by atoms with Gasteiger partial charge in [-0.1, -0.05) is 33.8 Å². The Kier molecular flexibility index (Phi) is 7.04. The zero-order valence-corrected chi connectivity index (χ0v) is 15.3. The second kappa shape index (κ2) is 8.04. The molecule has 3 heteroatoms. The number of hydrogen-bond acceptors (Lipinski definition) is 2. The molecule has 0 amide bonds. The van der Waals surface area contributed by atoms with Gasteiger partial charge in [0, 0.05) is 23.6 Å². The van der Waals surface area contributed by atoms with Gasteiger partial charge < -0.3 is 10.2 Å². The summed E-state index contributed by atoms with van der Waals surface area (Å²) in [6, 6.07) is 7.10. The molecule has 0 spiro atoms. The van der Waals surface area contributed by atoms with Gasteiger partial charge in [0.15, 0.2) is 0 Å². The van der Waals surface area contributed by atoms with Gasteiger partial charge >= 0.3 is 0 Å². The van der Waals surface area contributed by atoms with Crippen molar-refractivity contribution in [1.82, 2.24) is 5.32 Å². The third-order valence-electron chi connectivity index (χ3n) is 3.42. The molecule has 0 saturated heterocycles. The van der Waals surface area contributed by atoms with E-state index >= 15 is 0 Å². The van der Waals surface area contributed by atoms with Crippen molar-refractivity contribution in [3.05, 3.63) is 28.2 Å². The standard InChI is InChI=1S/C17H29BrN2/c1-12(2)10-20(11-13(3)4)17-8-7-15(9-16(17)18)14(5)19-6/h7-9,12-14,19H,10-11H2,1-6H3. The van der Waals surface area contributed by atoms with Gasteiger partial charge in [-0.25, -0.2) is 0 Å². The summed E-state index contributed by atoms with van der Waals surface area (Å²) in [6.07, 6.45) is 0. The van der Waals surface area contributed by atoms with Crippen LogP contribution < -0.4 is 10.2 Å². The van der Waals surface area contributed by atoms with Gasteiger partial charge in [0.25, 0.3) is 0 Å². The predicted octanol–water partition coefficient (Wildman–Crippen LogP) is 4.85. The molecule has 0 saturated carbocycles. The molecule has 2 nitrogen and oxygen atoms in total. The Labute approximate surface area is 133 Å². The van der Waals surface area contributed by atoms with E-state index in [0.29, 0.717) is 17.9 Å². The molecule has 1 aromatic carbocycles. The first-order valence-electron chi connectivity index (χ1n) is 7.56. The third kappa shape index (κ3) is 5.10. The molecule has 0 aliphatic carbocycles. The lowest BCUT2D eigenvalue weighted by molar-refractivity contribution is 0.552. The minimum atomic E-state index is 0.379. The summed E-state index contributed by atoms with van der Waals surface area (Å²) in [7, 11) is 2.00. The van der Waals surface area contributed by atoms with Crippen LogP contribution in [0.3, 0.4) is 0 Å². The summed E-state index contributed by atoms with van der Waals surface area (Å²) in [5.74, 6) is 1.33. The zero-order valence-electron chi connectivity index (χ0n) is 13.7. The zero-order chi connectivity index (χ0) is 15.3. The normalized spacial score (nSPS) is 13.1. The van der Waals surface area contributed by atoms with E-state index in [1.54, 1.807) is 0 Å².